The van der Waals surface area contributed by atoms with Crippen LogP contribution in [0.3, 0.4) is 0 Å². The topological polar surface area (TPSA) is 23.6 Å². The fraction of sp³-hybridized carbons (Fsp3) is 0.611. The van der Waals surface area contributed by atoms with E-state index < -0.39 is 0 Å². The van der Waals surface area contributed by atoms with Crippen LogP contribution in [-0.4, -0.2) is 29.6 Å². The van der Waals surface area contributed by atoms with Gasteiger partial charge in [0.1, 0.15) is 0 Å². The van der Waals surface area contributed by atoms with E-state index in [4.69, 9.17) is 0 Å². The second-order valence-corrected chi connectivity index (χ2v) is 6.90. The first-order chi connectivity index (χ1) is 10.1. The van der Waals surface area contributed by atoms with Crippen molar-refractivity contribution < 1.29 is 4.79 Å². The van der Waals surface area contributed by atoms with Crippen LogP contribution in [0.5, 0.6) is 0 Å². The monoisotopic (exact) mass is 286 g/mol. The minimum atomic E-state index is 0.0802. The van der Waals surface area contributed by atoms with Gasteiger partial charge >= 0.3 is 0 Å². The van der Waals surface area contributed by atoms with Crippen LogP contribution in [0.4, 0.5) is 5.69 Å². The number of piperidine rings is 1. The summed E-state index contributed by atoms with van der Waals surface area (Å²) in [6.07, 6.45) is 4.80. The molecule has 21 heavy (non-hydrogen) atoms. The summed E-state index contributed by atoms with van der Waals surface area (Å²) in [4.78, 5) is 17.5. The van der Waals surface area contributed by atoms with E-state index >= 15 is 0 Å². The maximum Gasteiger partial charge on any atom is 0.245 e. The summed E-state index contributed by atoms with van der Waals surface area (Å²) in [5.74, 6) is 0.860. The van der Waals surface area contributed by atoms with Crippen molar-refractivity contribution in [3.63, 3.8) is 0 Å². The molecule has 0 aromatic heterocycles. The van der Waals surface area contributed by atoms with Gasteiger partial charge in [-0.1, -0.05) is 31.5 Å². The molecule has 2 saturated heterocycles. The second kappa shape index (κ2) is 5.80. The Bertz CT molecular complexity index is 508. The quantitative estimate of drug-likeness (QED) is 0.848. The smallest absolute Gasteiger partial charge is 0.245 e. The summed E-state index contributed by atoms with van der Waals surface area (Å²) in [5.41, 5.74) is 2.30. The number of hydrogen-bond donors (Lipinski definition) is 0. The third kappa shape index (κ3) is 2.71. The Labute approximate surface area is 127 Å². The van der Waals surface area contributed by atoms with Gasteiger partial charge in [0.05, 0.1) is 12.2 Å². The maximum atomic E-state index is 13.0. The third-order valence-corrected chi connectivity index (χ3v) is 4.74. The highest BCUT2D eigenvalue weighted by atomic mass is 16.2. The SMILES string of the molecule is Cc1ccc(N2C(=O)C(CC(C)C)N3CCCCC23)cc1. The number of amides is 1. The van der Waals surface area contributed by atoms with Crippen LogP contribution in [-0.2, 0) is 4.79 Å². The summed E-state index contributed by atoms with van der Waals surface area (Å²) in [6.45, 7) is 7.57. The van der Waals surface area contributed by atoms with Gasteiger partial charge in [-0.15, -0.1) is 0 Å². The lowest BCUT2D eigenvalue weighted by atomic mass is 10.0. The second-order valence-electron chi connectivity index (χ2n) is 6.90. The minimum absolute atomic E-state index is 0.0802. The zero-order valence-corrected chi connectivity index (χ0v) is 13.4. The number of carbonyl (C=O) groups is 1. The highest BCUT2D eigenvalue weighted by Gasteiger charge is 2.47. The summed E-state index contributed by atoms with van der Waals surface area (Å²) >= 11 is 0. The van der Waals surface area contributed by atoms with Gasteiger partial charge in [0.15, 0.2) is 0 Å². The highest BCUT2D eigenvalue weighted by molar-refractivity contribution is 6.00. The van der Waals surface area contributed by atoms with Crippen molar-refractivity contribution in [1.82, 2.24) is 4.90 Å². The molecule has 2 aliphatic heterocycles. The molecule has 0 bridgehead atoms. The zero-order valence-electron chi connectivity index (χ0n) is 13.4. The molecule has 3 nitrogen and oxygen atoms in total. The number of hydrogen-bond acceptors (Lipinski definition) is 2. The van der Waals surface area contributed by atoms with Gasteiger partial charge in [-0.2, -0.15) is 0 Å². The number of benzene rings is 1. The van der Waals surface area contributed by atoms with Crippen LogP contribution in [0.25, 0.3) is 0 Å². The summed E-state index contributed by atoms with van der Waals surface area (Å²) in [6, 6.07) is 8.48. The molecule has 2 aliphatic rings. The van der Waals surface area contributed by atoms with Crippen molar-refractivity contribution in [3.05, 3.63) is 29.8 Å². The average Bonchev–Trinajstić information content (AvgIpc) is 2.73. The first-order valence-corrected chi connectivity index (χ1v) is 8.23. The van der Waals surface area contributed by atoms with Gasteiger partial charge in [-0.3, -0.25) is 14.6 Å². The molecule has 2 fully saturated rings. The van der Waals surface area contributed by atoms with Crippen LogP contribution < -0.4 is 4.90 Å². The lowest BCUT2D eigenvalue weighted by Crippen LogP contribution is -2.44. The van der Waals surface area contributed by atoms with Crippen molar-refractivity contribution in [1.29, 1.82) is 0 Å². The van der Waals surface area contributed by atoms with Gasteiger partial charge < -0.3 is 0 Å². The predicted octanol–water partition coefficient (Wildman–Crippen LogP) is 3.57. The van der Waals surface area contributed by atoms with Gasteiger partial charge in [0.2, 0.25) is 5.91 Å². The first kappa shape index (κ1) is 14.6. The molecule has 3 rings (SSSR count). The van der Waals surface area contributed by atoms with Gasteiger partial charge in [-0.25, -0.2) is 0 Å². The fourth-order valence-electron chi connectivity index (χ4n) is 3.71. The Morgan fingerprint density at radius 1 is 1.19 bits per heavy atom. The maximum absolute atomic E-state index is 13.0. The van der Waals surface area contributed by atoms with Crippen LogP contribution in [0, 0.1) is 12.8 Å². The van der Waals surface area contributed by atoms with E-state index in [0.717, 1.165) is 25.1 Å². The van der Waals surface area contributed by atoms with Gasteiger partial charge in [0.25, 0.3) is 0 Å². The molecule has 0 N–H and O–H groups in total. The zero-order chi connectivity index (χ0) is 15.0. The number of nitrogens with zero attached hydrogens (tertiary/aromatic N) is 2. The lowest BCUT2D eigenvalue weighted by Gasteiger charge is -2.35. The number of carbonyl (C=O) groups excluding carboxylic acids is 1. The van der Waals surface area contributed by atoms with E-state index in [1.165, 1.54) is 18.4 Å². The Morgan fingerprint density at radius 3 is 2.57 bits per heavy atom. The third-order valence-electron chi connectivity index (χ3n) is 4.74. The number of aryl methyl sites for hydroxylation is 1. The van der Waals surface area contributed by atoms with Crippen molar-refractivity contribution in [2.75, 3.05) is 11.4 Å². The van der Waals surface area contributed by atoms with Crippen LogP contribution in [0.2, 0.25) is 0 Å². The predicted molar refractivity (Wildman–Crippen MR) is 86.3 cm³/mol. The minimum Gasteiger partial charge on any atom is -0.295 e. The first-order valence-electron chi connectivity index (χ1n) is 8.23. The molecule has 3 heteroatoms. The van der Waals surface area contributed by atoms with E-state index in [1.807, 2.05) is 0 Å². The van der Waals surface area contributed by atoms with E-state index in [0.29, 0.717) is 11.8 Å². The Morgan fingerprint density at radius 2 is 1.90 bits per heavy atom. The molecule has 1 aromatic carbocycles. The molecule has 2 atom stereocenters. The number of anilines is 1. The average molecular weight is 286 g/mol. The Balaban J connectivity index is 1.92. The Hall–Kier alpha value is -1.35. The largest absolute Gasteiger partial charge is 0.295 e. The van der Waals surface area contributed by atoms with E-state index in [9.17, 15) is 4.79 Å². The van der Waals surface area contributed by atoms with Crippen molar-refractivity contribution in [3.8, 4) is 0 Å². The van der Waals surface area contributed by atoms with Crippen LogP contribution in [0.15, 0.2) is 24.3 Å². The molecule has 0 saturated carbocycles. The molecule has 2 unspecified atom stereocenters. The van der Waals surface area contributed by atoms with E-state index in [2.05, 4.69) is 54.8 Å². The number of rotatable bonds is 3. The van der Waals surface area contributed by atoms with Crippen LogP contribution in [0.1, 0.15) is 45.1 Å². The summed E-state index contributed by atoms with van der Waals surface area (Å²) in [7, 11) is 0. The molecule has 0 spiro atoms. The molecule has 114 valence electrons. The number of fused-ring (bicyclic) bond motifs is 1. The summed E-state index contributed by atoms with van der Waals surface area (Å²) in [5, 5.41) is 0. The summed E-state index contributed by atoms with van der Waals surface area (Å²) < 4.78 is 0. The lowest BCUT2D eigenvalue weighted by molar-refractivity contribution is -0.120. The van der Waals surface area contributed by atoms with Crippen molar-refractivity contribution in [2.45, 2.75) is 58.7 Å². The standard InChI is InChI=1S/C18H26N2O/c1-13(2)12-16-18(21)20(15-9-7-14(3)8-10-15)17-6-4-5-11-19(16)17/h7-10,13,16-17H,4-6,11-12H2,1-3H3. The molecule has 1 amide bonds. The van der Waals surface area contributed by atoms with E-state index in [-0.39, 0.29) is 12.2 Å². The molecule has 0 aliphatic carbocycles. The normalized spacial score (nSPS) is 26.5. The van der Waals surface area contributed by atoms with Crippen molar-refractivity contribution >= 4 is 11.6 Å². The molecule has 2 heterocycles. The van der Waals surface area contributed by atoms with Gasteiger partial charge in [0, 0.05) is 12.2 Å². The Kier molecular flexibility index (Phi) is 4.03. The molecular formula is C18H26N2O. The van der Waals surface area contributed by atoms with Crippen LogP contribution >= 0.6 is 0 Å². The molecule has 1 aromatic rings. The molecular weight excluding hydrogens is 260 g/mol. The van der Waals surface area contributed by atoms with Gasteiger partial charge in [-0.05, 0) is 50.7 Å². The fourth-order valence-corrected chi connectivity index (χ4v) is 3.71. The van der Waals surface area contributed by atoms with E-state index in [1.54, 1.807) is 0 Å². The molecule has 0 radical (unpaired) electrons. The highest BCUT2D eigenvalue weighted by Crippen LogP contribution is 2.36. The van der Waals surface area contributed by atoms with Crippen molar-refractivity contribution in [2.24, 2.45) is 5.92 Å².